The lowest BCUT2D eigenvalue weighted by Gasteiger charge is -2.26. The van der Waals surface area contributed by atoms with Crippen LogP contribution >= 0.6 is 0 Å². The molecule has 0 aromatic heterocycles. The summed E-state index contributed by atoms with van der Waals surface area (Å²) in [6.45, 7) is 4.55. The summed E-state index contributed by atoms with van der Waals surface area (Å²) in [5, 5.41) is 11.8. The molecule has 0 aliphatic rings. The first kappa shape index (κ1) is 75.9. The summed E-state index contributed by atoms with van der Waals surface area (Å²) >= 11 is 0. The maximum atomic E-state index is 12.9. The van der Waals surface area contributed by atoms with Crippen molar-refractivity contribution in [2.24, 2.45) is 0 Å². The quantitative estimate of drug-likeness (QED) is 0.0195. The number of carbonyl (C=O) groups excluding carboxylic acids is 3. The number of nitrogens with zero attached hydrogens (tertiary/aromatic N) is 1. The molecule has 0 spiro atoms. The van der Waals surface area contributed by atoms with Crippen LogP contribution < -0.4 is 5.11 Å². The predicted molar refractivity (Wildman–Crippen MR) is 342 cm³/mol. The summed E-state index contributed by atoms with van der Waals surface area (Å²) < 4.78 is 22.7. The average Bonchev–Trinajstić information content (AvgIpc) is 3.44. The second kappa shape index (κ2) is 61.0. The Kier molecular flexibility index (Phi) is 57.2. The summed E-state index contributed by atoms with van der Waals surface area (Å²) in [4.78, 5) is 37.3. The van der Waals surface area contributed by atoms with Gasteiger partial charge >= 0.3 is 11.9 Å². The van der Waals surface area contributed by atoms with E-state index in [2.05, 4.69) is 172 Å². The maximum absolute atomic E-state index is 12.9. The molecule has 0 aromatic carbocycles. The van der Waals surface area contributed by atoms with Gasteiger partial charge < -0.3 is 33.3 Å². The van der Waals surface area contributed by atoms with Gasteiger partial charge in [-0.3, -0.25) is 9.59 Å². The van der Waals surface area contributed by atoms with E-state index in [1.54, 1.807) is 0 Å². The molecule has 0 fully saturated rings. The molecule has 0 saturated heterocycles. The zero-order valence-electron chi connectivity index (χ0n) is 51.8. The number of carbonyl (C=O) groups is 3. The summed E-state index contributed by atoms with van der Waals surface area (Å²) in [6, 6.07) is 0. The lowest BCUT2D eigenvalue weighted by Crippen LogP contribution is -2.44. The summed E-state index contributed by atoms with van der Waals surface area (Å²) in [7, 11) is 5.90. The van der Waals surface area contributed by atoms with Crippen molar-refractivity contribution in [1.82, 2.24) is 0 Å². The number of hydrogen-bond donors (Lipinski definition) is 0. The highest BCUT2D eigenvalue weighted by atomic mass is 16.7. The average molecular weight is 1120 g/mol. The molecule has 0 aliphatic carbocycles. The minimum absolute atomic E-state index is 0.135. The van der Waals surface area contributed by atoms with Crippen LogP contribution in [0.4, 0.5) is 0 Å². The number of allylic oxidation sites excluding steroid dienone is 26. The van der Waals surface area contributed by atoms with E-state index in [1.807, 2.05) is 21.1 Å². The number of quaternary nitrogens is 1. The first-order valence-corrected chi connectivity index (χ1v) is 31.6. The fourth-order valence-corrected chi connectivity index (χ4v) is 7.92. The largest absolute Gasteiger partial charge is 0.545 e. The van der Waals surface area contributed by atoms with Crippen LogP contribution in [-0.2, 0) is 33.3 Å². The molecule has 0 N–H and O–H groups in total. The second-order valence-corrected chi connectivity index (χ2v) is 21.6. The number of esters is 2. The van der Waals surface area contributed by atoms with Gasteiger partial charge in [0.05, 0.1) is 40.3 Å². The third kappa shape index (κ3) is 62.4. The Morgan fingerprint density at radius 1 is 0.383 bits per heavy atom. The van der Waals surface area contributed by atoms with Crippen molar-refractivity contribution in [3.63, 3.8) is 0 Å². The van der Waals surface area contributed by atoms with Crippen molar-refractivity contribution in [2.75, 3.05) is 47.5 Å². The molecule has 0 aliphatic heterocycles. The standard InChI is InChI=1S/C72H115NO8/c1-6-8-10-12-14-16-18-20-22-23-24-25-26-27-28-29-30-31-32-33-34-35-36-37-38-39-40-41-42-43-44-45-46-47-49-51-53-55-57-59-61-63-70(75)81-68(67-80-72(71(76)77)78-65-64-73(3,4)5)66-79-69(74)62-60-58-56-54-52-50-48-21-19-17-15-13-11-9-7-2/h8,10,14-17,20-22,24-25,27-28,30-31,33-34,36-37,39-40,42-43,45-46,48,68,72H,6-7,9,11-13,18-19,23,26,29,32,35,38,41,44,47,49-67H2,1-5H3/b10-8-,16-14-,17-15-,22-20-,25-24-,28-27-,31-30-,34-33-,37-36-,40-39-,43-42-,46-45-,48-21-. The Bertz CT molecular complexity index is 1880. The molecular weight excluding hydrogens is 1010 g/mol. The van der Waals surface area contributed by atoms with Crippen molar-refractivity contribution < 1.29 is 42.9 Å². The SMILES string of the molecule is CC/C=C\C/C=C\C/C=C\C/C=C\C/C=C\C/C=C\C/C=C\C/C=C\C/C=C\C/C=C\C/C=C\CCCCCCCCCC(=O)OC(COC(=O)CCCCCCC/C=C\C/C=C\CCCCC)COC(OCC[N+](C)(C)C)C(=O)[O-]. The van der Waals surface area contributed by atoms with Crippen molar-refractivity contribution in [3.05, 3.63) is 158 Å². The van der Waals surface area contributed by atoms with Crippen LogP contribution in [0.1, 0.15) is 219 Å². The number of rotatable bonds is 56. The monoisotopic (exact) mass is 1120 g/mol. The minimum Gasteiger partial charge on any atom is -0.545 e. The number of unbranched alkanes of at least 4 members (excludes halogenated alkanes) is 15. The van der Waals surface area contributed by atoms with Crippen LogP contribution in [-0.4, -0.2) is 82.3 Å². The second-order valence-electron chi connectivity index (χ2n) is 21.6. The molecule has 0 radical (unpaired) electrons. The molecule has 81 heavy (non-hydrogen) atoms. The van der Waals surface area contributed by atoms with Gasteiger partial charge in [-0.1, -0.05) is 236 Å². The van der Waals surface area contributed by atoms with Gasteiger partial charge in [0, 0.05) is 12.8 Å². The molecule has 9 nitrogen and oxygen atoms in total. The van der Waals surface area contributed by atoms with E-state index >= 15 is 0 Å². The van der Waals surface area contributed by atoms with Gasteiger partial charge in [0.1, 0.15) is 13.2 Å². The van der Waals surface area contributed by atoms with Crippen LogP contribution in [0.15, 0.2) is 158 Å². The molecular formula is C72H115NO8. The molecule has 2 atom stereocenters. The van der Waals surface area contributed by atoms with E-state index in [-0.39, 0.29) is 38.6 Å². The van der Waals surface area contributed by atoms with E-state index in [9.17, 15) is 19.5 Å². The Balaban J connectivity index is 4.20. The lowest BCUT2D eigenvalue weighted by atomic mass is 10.1. The van der Waals surface area contributed by atoms with E-state index in [0.717, 1.165) is 141 Å². The molecule has 0 heterocycles. The van der Waals surface area contributed by atoms with Gasteiger partial charge in [0.15, 0.2) is 12.4 Å². The molecule has 2 unspecified atom stereocenters. The number of likely N-dealkylation sites (N-methyl/N-ethyl adjacent to an activating group) is 1. The molecule has 0 amide bonds. The number of ether oxygens (including phenoxy) is 4. The maximum Gasteiger partial charge on any atom is 0.306 e. The fourth-order valence-electron chi connectivity index (χ4n) is 7.92. The topological polar surface area (TPSA) is 111 Å². The van der Waals surface area contributed by atoms with Crippen molar-refractivity contribution in [3.8, 4) is 0 Å². The Labute approximate surface area is 495 Å². The van der Waals surface area contributed by atoms with Crippen LogP contribution in [0.5, 0.6) is 0 Å². The minimum atomic E-state index is -1.64. The highest BCUT2D eigenvalue weighted by Gasteiger charge is 2.22. The van der Waals surface area contributed by atoms with Crippen LogP contribution in [0, 0.1) is 0 Å². The van der Waals surface area contributed by atoms with Gasteiger partial charge in [-0.25, -0.2) is 0 Å². The van der Waals surface area contributed by atoms with Crippen molar-refractivity contribution >= 4 is 17.9 Å². The first-order chi connectivity index (χ1) is 39.6. The Morgan fingerprint density at radius 3 is 1.05 bits per heavy atom. The van der Waals surface area contributed by atoms with E-state index < -0.39 is 24.3 Å². The first-order valence-electron chi connectivity index (χ1n) is 31.6. The summed E-state index contributed by atoms with van der Waals surface area (Å²) in [6.07, 6.45) is 87.3. The predicted octanol–water partition coefficient (Wildman–Crippen LogP) is 18.0. The van der Waals surface area contributed by atoms with Gasteiger partial charge in [-0.2, -0.15) is 0 Å². The highest BCUT2D eigenvalue weighted by Crippen LogP contribution is 2.14. The van der Waals surface area contributed by atoms with Gasteiger partial charge in [0.2, 0.25) is 0 Å². The zero-order chi connectivity index (χ0) is 59.1. The van der Waals surface area contributed by atoms with Crippen molar-refractivity contribution in [1.29, 1.82) is 0 Å². The van der Waals surface area contributed by atoms with Gasteiger partial charge in [-0.05, 0) is 128 Å². The van der Waals surface area contributed by atoms with Crippen LogP contribution in [0.25, 0.3) is 0 Å². The smallest absolute Gasteiger partial charge is 0.306 e. The number of carboxylic acids is 1. The fraction of sp³-hybridized carbons (Fsp3) is 0.597. The third-order valence-electron chi connectivity index (χ3n) is 12.8. The number of aliphatic carboxylic acids is 1. The van der Waals surface area contributed by atoms with Crippen LogP contribution in [0.3, 0.4) is 0 Å². The summed E-state index contributed by atoms with van der Waals surface area (Å²) in [5.41, 5.74) is 0. The molecule has 0 saturated carbocycles. The van der Waals surface area contributed by atoms with Crippen LogP contribution in [0.2, 0.25) is 0 Å². The third-order valence-corrected chi connectivity index (χ3v) is 12.8. The Hall–Kier alpha value is -5.09. The van der Waals surface area contributed by atoms with E-state index in [0.29, 0.717) is 23.9 Å². The lowest BCUT2D eigenvalue weighted by molar-refractivity contribution is -0.870. The number of carboxylic acid groups (broad SMARTS) is 1. The molecule has 0 bridgehead atoms. The summed E-state index contributed by atoms with van der Waals surface area (Å²) in [5.74, 6) is -2.33. The van der Waals surface area contributed by atoms with Gasteiger partial charge in [0.25, 0.3) is 0 Å². The number of hydrogen-bond acceptors (Lipinski definition) is 8. The molecule has 0 rings (SSSR count). The Morgan fingerprint density at radius 2 is 0.704 bits per heavy atom. The van der Waals surface area contributed by atoms with E-state index in [1.165, 1.54) is 38.5 Å². The normalized spacial score (nSPS) is 13.8. The van der Waals surface area contributed by atoms with E-state index in [4.69, 9.17) is 18.9 Å². The highest BCUT2D eigenvalue weighted by molar-refractivity contribution is 5.70. The van der Waals surface area contributed by atoms with Gasteiger partial charge in [-0.15, -0.1) is 0 Å². The molecule has 9 heteroatoms. The molecule has 0 aromatic rings. The molecule has 456 valence electrons. The van der Waals surface area contributed by atoms with Crippen molar-refractivity contribution in [2.45, 2.75) is 232 Å². The zero-order valence-corrected chi connectivity index (χ0v) is 51.8.